The zero-order chi connectivity index (χ0) is 19.7. The number of piperazine rings is 1. The number of benzene rings is 1. The Labute approximate surface area is 164 Å². The molecule has 3 aliphatic heterocycles. The topological polar surface area (TPSA) is 80.3 Å². The lowest BCUT2D eigenvalue weighted by Crippen LogP contribution is -2.56. The van der Waals surface area contributed by atoms with Crippen molar-refractivity contribution in [1.82, 2.24) is 4.90 Å². The number of anilines is 2. The van der Waals surface area contributed by atoms with Crippen LogP contribution in [0.2, 0.25) is 0 Å². The highest BCUT2D eigenvalue weighted by Crippen LogP contribution is 2.24. The van der Waals surface area contributed by atoms with Gasteiger partial charge in [0.15, 0.2) is 5.57 Å². The Morgan fingerprint density at radius 2 is 1.61 bits per heavy atom. The minimum atomic E-state index is -1.23. The van der Waals surface area contributed by atoms with Crippen LogP contribution >= 0.6 is 0 Å². The average Bonchev–Trinajstić information content (AvgIpc) is 2.60. The van der Waals surface area contributed by atoms with Gasteiger partial charge in [-0.25, -0.2) is 9.59 Å². The van der Waals surface area contributed by atoms with Crippen molar-refractivity contribution < 1.29 is 23.8 Å². The van der Waals surface area contributed by atoms with Gasteiger partial charge in [-0.2, -0.15) is 0 Å². The third-order valence-electron chi connectivity index (χ3n) is 5.18. The highest BCUT2D eigenvalue weighted by atomic mass is 16.7. The molecule has 150 valence electrons. The van der Waals surface area contributed by atoms with Crippen LogP contribution in [0.15, 0.2) is 36.0 Å². The van der Waals surface area contributed by atoms with Crippen LogP contribution in [0.1, 0.15) is 13.8 Å². The van der Waals surface area contributed by atoms with Gasteiger partial charge >= 0.3 is 11.9 Å². The summed E-state index contributed by atoms with van der Waals surface area (Å²) in [6.07, 6.45) is 1.33. The second kappa shape index (κ2) is 7.44. The third-order valence-corrected chi connectivity index (χ3v) is 5.18. The predicted molar refractivity (Wildman–Crippen MR) is 103 cm³/mol. The number of carbonyl (C=O) groups is 2. The first-order valence-electron chi connectivity index (χ1n) is 9.51. The zero-order valence-corrected chi connectivity index (χ0v) is 16.1. The molecule has 0 saturated carbocycles. The summed E-state index contributed by atoms with van der Waals surface area (Å²) in [4.78, 5) is 28.8. The van der Waals surface area contributed by atoms with Crippen molar-refractivity contribution in [2.75, 3.05) is 49.6 Å². The molecule has 8 nitrogen and oxygen atoms in total. The van der Waals surface area contributed by atoms with Crippen LogP contribution in [0, 0.1) is 0 Å². The van der Waals surface area contributed by atoms with Crippen molar-refractivity contribution in [3.05, 3.63) is 36.0 Å². The molecular weight excluding hydrogens is 362 g/mol. The normalized spacial score (nSPS) is 22.9. The van der Waals surface area contributed by atoms with Gasteiger partial charge in [0.2, 0.25) is 0 Å². The molecule has 3 heterocycles. The standard InChI is InChI=1S/C20H25N3O5/c1-20(2)27-18(24)17(19(25)28-20)11-21-14-3-5-15(6-4-14)22-7-9-23(10-8-22)16-12-26-13-16/h3-6,11,16,21H,7-10,12-13H2,1-2H3. The highest BCUT2D eigenvalue weighted by Gasteiger charge is 2.39. The number of rotatable bonds is 4. The fraction of sp³-hybridized carbons (Fsp3) is 0.500. The van der Waals surface area contributed by atoms with Crippen LogP contribution in [-0.4, -0.2) is 68.1 Å². The van der Waals surface area contributed by atoms with Crippen LogP contribution in [0.5, 0.6) is 0 Å². The Kier molecular flexibility index (Phi) is 4.99. The quantitative estimate of drug-likeness (QED) is 0.471. The molecule has 0 atom stereocenters. The third kappa shape index (κ3) is 3.98. The number of nitrogens with zero attached hydrogens (tertiary/aromatic N) is 2. The van der Waals surface area contributed by atoms with E-state index in [1.54, 1.807) is 0 Å². The number of cyclic esters (lactones) is 2. The predicted octanol–water partition coefficient (Wildman–Crippen LogP) is 1.34. The van der Waals surface area contributed by atoms with E-state index in [2.05, 4.69) is 15.1 Å². The molecule has 0 unspecified atom stereocenters. The number of hydrogen-bond donors (Lipinski definition) is 1. The van der Waals surface area contributed by atoms with Gasteiger partial charge < -0.3 is 24.4 Å². The Morgan fingerprint density at radius 3 is 2.14 bits per heavy atom. The van der Waals surface area contributed by atoms with Crippen molar-refractivity contribution in [3.8, 4) is 0 Å². The molecule has 0 amide bonds. The van der Waals surface area contributed by atoms with Crippen molar-refractivity contribution in [3.63, 3.8) is 0 Å². The fourth-order valence-electron chi connectivity index (χ4n) is 3.48. The molecule has 8 heteroatoms. The molecule has 3 fully saturated rings. The summed E-state index contributed by atoms with van der Waals surface area (Å²) in [5.74, 6) is -2.62. The summed E-state index contributed by atoms with van der Waals surface area (Å²) in [5, 5.41) is 2.97. The van der Waals surface area contributed by atoms with Crippen molar-refractivity contribution >= 4 is 23.3 Å². The summed E-state index contributed by atoms with van der Waals surface area (Å²) in [7, 11) is 0. The average molecular weight is 387 g/mol. The zero-order valence-electron chi connectivity index (χ0n) is 16.1. The molecule has 3 aliphatic rings. The monoisotopic (exact) mass is 387 g/mol. The van der Waals surface area contributed by atoms with Crippen molar-refractivity contribution in [2.24, 2.45) is 0 Å². The summed E-state index contributed by atoms with van der Waals surface area (Å²) >= 11 is 0. The number of carbonyl (C=O) groups excluding carboxylic acids is 2. The van der Waals surface area contributed by atoms with E-state index in [4.69, 9.17) is 14.2 Å². The van der Waals surface area contributed by atoms with Gasteiger partial charge in [-0.05, 0) is 24.3 Å². The highest BCUT2D eigenvalue weighted by molar-refractivity contribution is 6.15. The van der Waals surface area contributed by atoms with Gasteiger partial charge in [-0.15, -0.1) is 0 Å². The van der Waals surface area contributed by atoms with Gasteiger partial charge in [0.25, 0.3) is 5.79 Å². The Morgan fingerprint density at radius 1 is 1.00 bits per heavy atom. The van der Waals surface area contributed by atoms with Crippen LogP contribution in [0.25, 0.3) is 0 Å². The molecule has 3 saturated heterocycles. The fourth-order valence-corrected chi connectivity index (χ4v) is 3.48. The molecule has 0 aliphatic carbocycles. The van der Waals surface area contributed by atoms with Crippen LogP contribution < -0.4 is 10.2 Å². The molecule has 28 heavy (non-hydrogen) atoms. The molecule has 0 radical (unpaired) electrons. The van der Waals surface area contributed by atoms with E-state index in [0.29, 0.717) is 6.04 Å². The van der Waals surface area contributed by atoms with E-state index < -0.39 is 17.7 Å². The van der Waals surface area contributed by atoms with E-state index in [1.165, 1.54) is 20.0 Å². The van der Waals surface area contributed by atoms with Crippen molar-refractivity contribution in [1.29, 1.82) is 0 Å². The van der Waals surface area contributed by atoms with Gasteiger partial charge in [0, 0.05) is 57.6 Å². The van der Waals surface area contributed by atoms with Crippen molar-refractivity contribution in [2.45, 2.75) is 25.7 Å². The maximum atomic E-state index is 12.0. The summed E-state index contributed by atoms with van der Waals surface area (Å²) in [6, 6.07) is 8.49. The first-order valence-corrected chi connectivity index (χ1v) is 9.51. The van der Waals surface area contributed by atoms with E-state index in [9.17, 15) is 9.59 Å². The van der Waals surface area contributed by atoms with E-state index in [-0.39, 0.29) is 5.57 Å². The maximum absolute atomic E-state index is 12.0. The smallest absolute Gasteiger partial charge is 0.350 e. The molecule has 0 bridgehead atoms. The summed E-state index contributed by atoms with van der Waals surface area (Å²) < 4.78 is 15.4. The molecular formula is C20H25N3O5. The van der Waals surface area contributed by atoms with E-state index >= 15 is 0 Å². The lowest BCUT2D eigenvalue weighted by molar-refractivity contribution is -0.222. The van der Waals surface area contributed by atoms with E-state index in [0.717, 1.165) is 50.8 Å². The van der Waals surface area contributed by atoms with Crippen LogP contribution in [0.3, 0.4) is 0 Å². The second-order valence-corrected chi connectivity index (χ2v) is 7.64. The molecule has 4 rings (SSSR count). The largest absolute Gasteiger partial charge is 0.419 e. The molecule has 1 aromatic carbocycles. The minimum absolute atomic E-state index is 0.153. The lowest BCUT2D eigenvalue weighted by atomic mass is 10.1. The molecule has 0 spiro atoms. The Hall–Kier alpha value is -2.58. The summed E-state index contributed by atoms with van der Waals surface area (Å²) in [6.45, 7) is 8.81. The van der Waals surface area contributed by atoms with Crippen LogP contribution in [-0.2, 0) is 23.8 Å². The van der Waals surface area contributed by atoms with Gasteiger partial charge in [0.1, 0.15) is 0 Å². The maximum Gasteiger partial charge on any atom is 0.350 e. The van der Waals surface area contributed by atoms with Gasteiger partial charge in [-0.3, -0.25) is 4.90 Å². The number of esters is 2. The van der Waals surface area contributed by atoms with Crippen LogP contribution in [0.4, 0.5) is 11.4 Å². The first-order chi connectivity index (χ1) is 13.4. The second-order valence-electron chi connectivity index (χ2n) is 7.64. The Balaban J connectivity index is 1.34. The molecule has 1 N–H and O–H groups in total. The number of ether oxygens (including phenoxy) is 3. The summed E-state index contributed by atoms with van der Waals surface area (Å²) in [5.41, 5.74) is 1.77. The SMILES string of the molecule is CC1(C)OC(=O)C(=CNc2ccc(N3CCN(C4COC4)CC3)cc2)C(=O)O1. The van der Waals surface area contributed by atoms with Gasteiger partial charge in [0.05, 0.1) is 19.3 Å². The lowest BCUT2D eigenvalue weighted by Gasteiger charge is -2.43. The molecule has 1 aromatic rings. The van der Waals surface area contributed by atoms with Gasteiger partial charge in [-0.1, -0.05) is 0 Å². The Bertz CT molecular complexity index is 756. The minimum Gasteiger partial charge on any atom is -0.419 e. The molecule has 0 aromatic heterocycles. The first kappa shape index (κ1) is 18.8. The number of hydrogen-bond acceptors (Lipinski definition) is 8. The van der Waals surface area contributed by atoms with E-state index in [1.807, 2.05) is 24.3 Å². The number of nitrogens with one attached hydrogen (secondary N) is 1.